The molecule has 66 valence electrons. The molecule has 0 saturated heterocycles. The molecule has 0 spiro atoms. The summed E-state index contributed by atoms with van der Waals surface area (Å²) in [5.74, 6) is -0.216. The first-order chi connectivity index (χ1) is 5.59. The van der Waals surface area contributed by atoms with Crippen molar-refractivity contribution < 1.29 is 14.6 Å². The number of ether oxygens (including phenoxy) is 1. The van der Waals surface area contributed by atoms with Crippen LogP contribution in [-0.2, 0) is 9.53 Å². The lowest BCUT2D eigenvalue weighted by Crippen LogP contribution is -2.20. The molecule has 0 bridgehead atoms. The van der Waals surface area contributed by atoms with Gasteiger partial charge in [-0.3, -0.25) is 4.79 Å². The van der Waals surface area contributed by atoms with Crippen molar-refractivity contribution in [1.82, 2.24) is 0 Å². The van der Waals surface area contributed by atoms with Crippen molar-refractivity contribution in [2.45, 2.75) is 31.7 Å². The van der Waals surface area contributed by atoms with Crippen LogP contribution in [0.2, 0.25) is 5.82 Å². The summed E-state index contributed by atoms with van der Waals surface area (Å²) >= 11 is 0. The third-order valence-electron chi connectivity index (χ3n) is 2.19. The fourth-order valence-electron chi connectivity index (χ4n) is 1.55. The normalized spacial score (nSPS) is 35.0. The number of carbonyl (C=O) groups is 1. The summed E-state index contributed by atoms with van der Waals surface area (Å²) < 4.78 is 4.79. The Bertz CT molecular complexity index is 172. The highest BCUT2D eigenvalue weighted by atomic mass is 16.5. The molecule has 0 aliphatic heterocycles. The molecule has 4 heteroatoms. The Kier molecular flexibility index (Phi) is 3.15. The molecule has 1 rings (SSSR count). The Morgan fingerprint density at radius 1 is 1.67 bits per heavy atom. The maximum absolute atomic E-state index is 10.5. The third-order valence-corrected chi connectivity index (χ3v) is 2.19. The van der Waals surface area contributed by atoms with Gasteiger partial charge in [0.25, 0.3) is 0 Å². The molecular formula is C8H13BO3. The van der Waals surface area contributed by atoms with Crippen LogP contribution in [0.15, 0.2) is 0 Å². The summed E-state index contributed by atoms with van der Waals surface area (Å²) in [6, 6.07) is 0. The number of esters is 1. The molecule has 0 heterocycles. The molecule has 0 aromatic rings. The third kappa shape index (κ3) is 2.52. The summed E-state index contributed by atoms with van der Waals surface area (Å²) in [5, 5.41) is 9.40. The van der Waals surface area contributed by atoms with Crippen molar-refractivity contribution in [3.8, 4) is 0 Å². The number of aliphatic hydroxyl groups excluding tert-OH is 1. The fourth-order valence-corrected chi connectivity index (χ4v) is 1.55. The van der Waals surface area contributed by atoms with Gasteiger partial charge < -0.3 is 9.84 Å². The summed E-state index contributed by atoms with van der Waals surface area (Å²) in [6.07, 6.45) is 0.958. The van der Waals surface area contributed by atoms with Crippen molar-refractivity contribution in [3.63, 3.8) is 0 Å². The van der Waals surface area contributed by atoms with Gasteiger partial charge >= 0.3 is 5.97 Å². The second kappa shape index (κ2) is 3.94. The zero-order valence-electron chi connectivity index (χ0n) is 7.19. The van der Waals surface area contributed by atoms with E-state index in [4.69, 9.17) is 12.6 Å². The molecule has 1 N–H and O–H groups in total. The van der Waals surface area contributed by atoms with Gasteiger partial charge in [0.1, 0.15) is 0 Å². The molecule has 1 aliphatic rings. The highest BCUT2D eigenvalue weighted by Gasteiger charge is 2.30. The average Bonchev–Trinajstić information content (AvgIpc) is 2.26. The Morgan fingerprint density at radius 2 is 2.33 bits per heavy atom. The quantitative estimate of drug-likeness (QED) is 0.475. The first-order valence-electron chi connectivity index (χ1n) is 4.16. The van der Waals surface area contributed by atoms with E-state index in [9.17, 15) is 9.90 Å². The minimum absolute atomic E-state index is 0.0314. The largest absolute Gasteiger partial charge is 0.465 e. The van der Waals surface area contributed by atoms with Gasteiger partial charge in [-0.25, -0.2) is 0 Å². The number of rotatable bonds is 2. The van der Waals surface area contributed by atoms with E-state index in [1.807, 2.05) is 0 Å². The summed E-state index contributed by atoms with van der Waals surface area (Å²) in [5.41, 5.74) is 0. The number of carbonyl (C=O) groups excluding carboxylic acids is 1. The van der Waals surface area contributed by atoms with Crippen molar-refractivity contribution in [3.05, 3.63) is 0 Å². The molecule has 12 heavy (non-hydrogen) atoms. The van der Waals surface area contributed by atoms with Crippen LogP contribution < -0.4 is 0 Å². The minimum Gasteiger partial charge on any atom is -0.465 e. The second-order valence-corrected chi connectivity index (χ2v) is 3.36. The van der Waals surface area contributed by atoms with E-state index in [0.717, 1.165) is 6.42 Å². The van der Waals surface area contributed by atoms with Crippen molar-refractivity contribution >= 4 is 13.8 Å². The van der Waals surface area contributed by atoms with Crippen molar-refractivity contribution in [1.29, 1.82) is 0 Å². The minimum atomic E-state index is -0.403. The Balaban J connectivity index is 2.28. The van der Waals surface area contributed by atoms with Crippen LogP contribution in [-0.4, -0.2) is 31.6 Å². The standard InChI is InChI=1S/C8H13BO3/c1-5(10)12-4-6-2-7(9)3-8(6)11/h6-8,11H,2-4H2,1H3/t6-,7-,8-/m0/s1. The predicted molar refractivity (Wildman–Crippen MR) is 44.9 cm³/mol. The van der Waals surface area contributed by atoms with Gasteiger partial charge in [-0.05, 0) is 12.8 Å². The van der Waals surface area contributed by atoms with E-state index in [-0.39, 0.29) is 17.7 Å². The highest BCUT2D eigenvalue weighted by molar-refractivity contribution is 6.11. The zero-order chi connectivity index (χ0) is 9.14. The monoisotopic (exact) mass is 168 g/mol. The van der Waals surface area contributed by atoms with Gasteiger partial charge in [0.05, 0.1) is 20.6 Å². The molecule has 2 radical (unpaired) electrons. The summed E-state index contributed by atoms with van der Waals surface area (Å²) in [6.45, 7) is 1.66. The van der Waals surface area contributed by atoms with E-state index in [2.05, 4.69) is 0 Å². The van der Waals surface area contributed by atoms with Crippen LogP contribution in [0.4, 0.5) is 0 Å². The van der Waals surface area contributed by atoms with Crippen molar-refractivity contribution in [2.24, 2.45) is 5.92 Å². The number of hydrogen-bond donors (Lipinski definition) is 1. The van der Waals surface area contributed by atoms with E-state index in [1.165, 1.54) is 6.92 Å². The van der Waals surface area contributed by atoms with Gasteiger partial charge in [0.15, 0.2) is 0 Å². The van der Waals surface area contributed by atoms with Crippen LogP contribution >= 0.6 is 0 Å². The summed E-state index contributed by atoms with van der Waals surface area (Å²) in [4.78, 5) is 10.5. The highest BCUT2D eigenvalue weighted by Crippen LogP contribution is 2.33. The van der Waals surface area contributed by atoms with Crippen LogP contribution in [0, 0.1) is 5.92 Å². The molecule has 3 nitrogen and oxygen atoms in total. The Morgan fingerprint density at radius 3 is 2.75 bits per heavy atom. The van der Waals surface area contributed by atoms with E-state index < -0.39 is 6.10 Å². The number of hydrogen-bond acceptors (Lipinski definition) is 3. The van der Waals surface area contributed by atoms with Crippen LogP contribution in [0.3, 0.4) is 0 Å². The van der Waals surface area contributed by atoms with Gasteiger partial charge in [0.2, 0.25) is 0 Å². The van der Waals surface area contributed by atoms with Gasteiger partial charge in [-0.2, -0.15) is 0 Å². The predicted octanol–water partition coefficient (Wildman–Crippen LogP) is 0.277. The molecular weight excluding hydrogens is 155 g/mol. The van der Waals surface area contributed by atoms with Gasteiger partial charge in [0, 0.05) is 12.8 Å². The topological polar surface area (TPSA) is 46.5 Å². The maximum Gasteiger partial charge on any atom is 0.302 e. The lowest BCUT2D eigenvalue weighted by atomic mass is 9.85. The van der Waals surface area contributed by atoms with Crippen molar-refractivity contribution in [2.75, 3.05) is 6.61 Å². The number of aliphatic hydroxyl groups is 1. The molecule has 0 aromatic heterocycles. The van der Waals surface area contributed by atoms with E-state index in [0.29, 0.717) is 13.0 Å². The Labute approximate surface area is 73.5 Å². The molecule has 1 saturated carbocycles. The average molecular weight is 168 g/mol. The fraction of sp³-hybridized carbons (Fsp3) is 0.875. The zero-order valence-corrected chi connectivity index (χ0v) is 7.19. The van der Waals surface area contributed by atoms with Crippen LogP contribution in [0.25, 0.3) is 0 Å². The van der Waals surface area contributed by atoms with Crippen LogP contribution in [0.5, 0.6) is 0 Å². The molecule has 0 unspecified atom stereocenters. The smallest absolute Gasteiger partial charge is 0.302 e. The second-order valence-electron chi connectivity index (χ2n) is 3.36. The molecule has 1 aliphatic carbocycles. The van der Waals surface area contributed by atoms with E-state index in [1.54, 1.807) is 0 Å². The van der Waals surface area contributed by atoms with Crippen LogP contribution in [0.1, 0.15) is 19.8 Å². The molecule has 3 atom stereocenters. The van der Waals surface area contributed by atoms with E-state index >= 15 is 0 Å². The maximum atomic E-state index is 10.5. The lowest BCUT2D eigenvalue weighted by Gasteiger charge is -2.13. The SMILES string of the molecule is [B][C@H]1C[C@@H](COC(C)=O)[C@@H](O)C1. The molecule has 0 aromatic carbocycles. The lowest BCUT2D eigenvalue weighted by molar-refractivity contribution is -0.143. The van der Waals surface area contributed by atoms with Gasteiger partial charge in [-0.15, -0.1) is 0 Å². The Hall–Kier alpha value is -0.505. The summed E-state index contributed by atoms with van der Waals surface area (Å²) in [7, 11) is 5.62. The molecule has 0 amide bonds. The first-order valence-corrected chi connectivity index (χ1v) is 4.16. The van der Waals surface area contributed by atoms with Gasteiger partial charge in [-0.1, -0.05) is 5.82 Å². The molecule has 1 fully saturated rings. The first kappa shape index (κ1) is 9.58.